The Kier molecular flexibility index (Phi) is 4.46. The molecular weight excluding hydrogens is 238 g/mol. The molecule has 0 saturated carbocycles. The van der Waals surface area contributed by atoms with Crippen LogP contribution in [0.2, 0.25) is 0 Å². The fraction of sp³-hybridized carbons (Fsp3) is 0.455. The smallest absolute Gasteiger partial charge is 0.297 e. The van der Waals surface area contributed by atoms with Crippen LogP contribution >= 0.6 is 0 Å². The molecule has 1 aromatic rings. The molecule has 1 rings (SSSR count). The highest BCUT2D eigenvalue weighted by atomic mass is 16.6. The lowest BCUT2D eigenvalue weighted by atomic mass is 10.1. The molecule has 1 atom stereocenters. The molecule has 0 amide bonds. The third-order valence-corrected chi connectivity index (χ3v) is 2.68. The minimum atomic E-state index is -0.922. The summed E-state index contributed by atoms with van der Waals surface area (Å²) in [6.45, 7) is 1.37. The van der Waals surface area contributed by atoms with E-state index in [1.807, 2.05) is 0 Å². The van der Waals surface area contributed by atoms with Crippen molar-refractivity contribution in [3.05, 3.63) is 27.8 Å². The Morgan fingerprint density at radius 2 is 2.17 bits per heavy atom. The van der Waals surface area contributed by atoms with Gasteiger partial charge in [-0.2, -0.15) is 0 Å². The molecule has 18 heavy (non-hydrogen) atoms. The number of nitrogens with zero attached hydrogens (tertiary/aromatic N) is 2. The molecule has 0 aromatic heterocycles. The van der Waals surface area contributed by atoms with Gasteiger partial charge in [-0.15, -0.1) is 0 Å². The molecule has 0 spiro atoms. The molecule has 7 heteroatoms. The standard InChI is InChI=1S/C11H17N3O4/c1-7-3-4-9(10(12)11(7)14(17)18)13(2)5-8(16)6-15/h3-4,8,15-16H,5-6,12H2,1-2H3. The highest BCUT2D eigenvalue weighted by Gasteiger charge is 2.21. The third kappa shape index (κ3) is 2.88. The first-order valence-electron chi connectivity index (χ1n) is 5.42. The summed E-state index contributed by atoms with van der Waals surface area (Å²) >= 11 is 0. The van der Waals surface area contributed by atoms with E-state index in [0.717, 1.165) is 0 Å². The van der Waals surface area contributed by atoms with Crippen LogP contribution in [0.5, 0.6) is 0 Å². The minimum absolute atomic E-state index is 0.0626. The van der Waals surface area contributed by atoms with Crippen LogP contribution in [-0.2, 0) is 0 Å². The molecule has 0 aliphatic rings. The first kappa shape index (κ1) is 14.2. The van der Waals surface area contributed by atoms with Gasteiger partial charge in [0, 0.05) is 19.2 Å². The topological polar surface area (TPSA) is 113 Å². The summed E-state index contributed by atoms with van der Waals surface area (Å²) in [6, 6.07) is 3.26. The molecule has 0 fully saturated rings. The van der Waals surface area contributed by atoms with Crippen LogP contribution in [-0.4, -0.2) is 41.4 Å². The van der Waals surface area contributed by atoms with E-state index in [1.165, 1.54) is 0 Å². The van der Waals surface area contributed by atoms with Crippen molar-refractivity contribution >= 4 is 17.1 Å². The number of rotatable bonds is 5. The van der Waals surface area contributed by atoms with Crippen LogP contribution in [0.25, 0.3) is 0 Å². The number of nitro groups is 1. The van der Waals surface area contributed by atoms with Gasteiger partial charge in [-0.1, -0.05) is 6.07 Å². The summed E-state index contributed by atoms with van der Waals surface area (Å²) < 4.78 is 0. The highest BCUT2D eigenvalue weighted by molar-refractivity contribution is 5.78. The molecule has 0 radical (unpaired) electrons. The van der Waals surface area contributed by atoms with E-state index in [-0.39, 0.29) is 24.5 Å². The Labute approximate surface area is 105 Å². The molecule has 0 aliphatic heterocycles. The molecule has 0 aliphatic carbocycles. The predicted molar refractivity (Wildman–Crippen MR) is 68.6 cm³/mol. The third-order valence-electron chi connectivity index (χ3n) is 2.68. The van der Waals surface area contributed by atoms with E-state index >= 15 is 0 Å². The summed E-state index contributed by atoms with van der Waals surface area (Å²) in [5.41, 5.74) is 6.65. The highest BCUT2D eigenvalue weighted by Crippen LogP contribution is 2.34. The van der Waals surface area contributed by atoms with Crippen molar-refractivity contribution in [1.29, 1.82) is 0 Å². The fourth-order valence-electron chi connectivity index (χ4n) is 1.75. The molecular formula is C11H17N3O4. The van der Waals surface area contributed by atoms with E-state index in [2.05, 4.69) is 0 Å². The summed E-state index contributed by atoms with van der Waals surface area (Å²) in [7, 11) is 1.64. The molecule has 0 saturated heterocycles. The van der Waals surface area contributed by atoms with E-state index in [1.54, 1.807) is 31.0 Å². The van der Waals surface area contributed by atoms with Crippen molar-refractivity contribution in [3.63, 3.8) is 0 Å². The number of aliphatic hydroxyl groups is 2. The van der Waals surface area contributed by atoms with Gasteiger partial charge in [-0.3, -0.25) is 10.1 Å². The van der Waals surface area contributed by atoms with E-state index in [4.69, 9.17) is 10.8 Å². The van der Waals surface area contributed by atoms with Crippen molar-refractivity contribution in [2.24, 2.45) is 0 Å². The lowest BCUT2D eigenvalue weighted by Crippen LogP contribution is -2.31. The number of likely N-dealkylation sites (N-methyl/N-ethyl adjacent to an activating group) is 1. The van der Waals surface area contributed by atoms with Crippen LogP contribution in [0.3, 0.4) is 0 Å². The van der Waals surface area contributed by atoms with Gasteiger partial charge in [0.2, 0.25) is 0 Å². The summed E-state index contributed by atoms with van der Waals surface area (Å²) in [4.78, 5) is 12.0. The maximum atomic E-state index is 10.9. The number of aliphatic hydroxyl groups excluding tert-OH is 2. The van der Waals surface area contributed by atoms with Crippen LogP contribution in [0, 0.1) is 17.0 Å². The van der Waals surface area contributed by atoms with Gasteiger partial charge in [0.15, 0.2) is 0 Å². The maximum Gasteiger partial charge on any atom is 0.297 e. The maximum absolute atomic E-state index is 10.9. The number of anilines is 2. The number of aryl methyl sites for hydroxylation is 1. The number of nitro benzene ring substituents is 1. The zero-order valence-electron chi connectivity index (χ0n) is 10.3. The van der Waals surface area contributed by atoms with Gasteiger partial charge in [0.05, 0.1) is 23.3 Å². The average Bonchev–Trinajstić information content (AvgIpc) is 2.28. The van der Waals surface area contributed by atoms with Crippen LogP contribution in [0.4, 0.5) is 17.1 Å². The van der Waals surface area contributed by atoms with Crippen molar-refractivity contribution in [2.75, 3.05) is 30.8 Å². The zero-order chi connectivity index (χ0) is 13.9. The normalized spacial score (nSPS) is 12.2. The number of nitrogens with two attached hydrogens (primary N) is 1. The zero-order valence-corrected chi connectivity index (χ0v) is 10.3. The molecule has 0 heterocycles. The summed E-state index contributed by atoms with van der Waals surface area (Å²) in [5, 5.41) is 29.0. The summed E-state index contributed by atoms with van der Waals surface area (Å²) in [5.74, 6) is 0. The minimum Gasteiger partial charge on any atom is -0.394 e. The molecule has 1 unspecified atom stereocenters. The Balaban J connectivity index is 3.11. The Morgan fingerprint density at radius 3 is 2.67 bits per heavy atom. The van der Waals surface area contributed by atoms with Gasteiger partial charge >= 0.3 is 0 Å². The second kappa shape index (κ2) is 5.65. The van der Waals surface area contributed by atoms with Crippen molar-refractivity contribution in [2.45, 2.75) is 13.0 Å². The molecule has 4 N–H and O–H groups in total. The predicted octanol–water partition coefficient (Wildman–Crippen LogP) is 0.275. The van der Waals surface area contributed by atoms with Crippen molar-refractivity contribution < 1.29 is 15.1 Å². The molecule has 0 bridgehead atoms. The van der Waals surface area contributed by atoms with E-state index < -0.39 is 11.0 Å². The number of nitrogen functional groups attached to an aromatic ring is 1. The van der Waals surface area contributed by atoms with Gasteiger partial charge in [-0.05, 0) is 13.0 Å². The first-order chi connectivity index (χ1) is 8.38. The monoisotopic (exact) mass is 255 g/mol. The van der Waals surface area contributed by atoms with E-state index in [0.29, 0.717) is 11.3 Å². The largest absolute Gasteiger partial charge is 0.394 e. The molecule has 1 aromatic carbocycles. The first-order valence-corrected chi connectivity index (χ1v) is 5.42. The number of benzene rings is 1. The number of hydrogen-bond donors (Lipinski definition) is 3. The van der Waals surface area contributed by atoms with Crippen molar-refractivity contribution in [1.82, 2.24) is 0 Å². The SMILES string of the molecule is Cc1ccc(N(C)CC(O)CO)c(N)c1[N+](=O)[O-]. The lowest BCUT2D eigenvalue weighted by molar-refractivity contribution is -0.384. The van der Waals surface area contributed by atoms with Gasteiger partial charge in [-0.25, -0.2) is 0 Å². The van der Waals surface area contributed by atoms with Crippen molar-refractivity contribution in [3.8, 4) is 0 Å². The Bertz CT molecular complexity index is 450. The Morgan fingerprint density at radius 1 is 1.56 bits per heavy atom. The van der Waals surface area contributed by atoms with Gasteiger partial charge in [0.25, 0.3) is 5.69 Å². The second-order valence-corrected chi connectivity index (χ2v) is 4.14. The van der Waals surface area contributed by atoms with Gasteiger partial charge in [0.1, 0.15) is 5.69 Å². The van der Waals surface area contributed by atoms with E-state index in [9.17, 15) is 15.2 Å². The Hall–Kier alpha value is -1.86. The molecule has 100 valence electrons. The quantitative estimate of drug-likeness (QED) is 0.395. The summed E-state index contributed by atoms with van der Waals surface area (Å²) in [6.07, 6.45) is -0.922. The van der Waals surface area contributed by atoms with Gasteiger partial charge < -0.3 is 20.8 Å². The fourth-order valence-corrected chi connectivity index (χ4v) is 1.75. The second-order valence-electron chi connectivity index (χ2n) is 4.14. The van der Waals surface area contributed by atoms with Crippen LogP contribution in [0.1, 0.15) is 5.56 Å². The number of hydrogen-bond acceptors (Lipinski definition) is 6. The average molecular weight is 255 g/mol. The van der Waals surface area contributed by atoms with Crippen LogP contribution in [0.15, 0.2) is 12.1 Å². The lowest BCUT2D eigenvalue weighted by Gasteiger charge is -2.23. The molecule has 7 nitrogen and oxygen atoms in total. The van der Waals surface area contributed by atoms with Crippen LogP contribution < -0.4 is 10.6 Å².